The fraction of sp³-hybridized carbons (Fsp3) is 0.167. The quantitative estimate of drug-likeness (QED) is 0.848. The van der Waals surface area contributed by atoms with Gasteiger partial charge in [-0.1, -0.05) is 0 Å². The highest BCUT2D eigenvalue weighted by Gasteiger charge is 2.10. The number of hydrogen-bond acceptors (Lipinski definition) is 2. The number of hydrogen-bond donors (Lipinski definition) is 1. The van der Waals surface area contributed by atoms with Crippen molar-refractivity contribution in [3.63, 3.8) is 0 Å². The van der Waals surface area contributed by atoms with E-state index in [1.165, 1.54) is 6.07 Å². The van der Waals surface area contributed by atoms with Crippen LogP contribution in [0, 0.1) is 11.6 Å². The summed E-state index contributed by atoms with van der Waals surface area (Å²) in [6.07, 6.45) is 0. The zero-order valence-electron chi connectivity index (χ0n) is 8.71. The van der Waals surface area contributed by atoms with Gasteiger partial charge in [-0.15, -0.1) is 0 Å². The second-order valence-electron chi connectivity index (χ2n) is 3.62. The average Bonchev–Trinajstić information content (AvgIpc) is 2.71. The lowest BCUT2D eigenvalue weighted by atomic mass is 10.1. The van der Waals surface area contributed by atoms with E-state index in [0.29, 0.717) is 17.1 Å². The van der Waals surface area contributed by atoms with Gasteiger partial charge in [0.1, 0.15) is 11.5 Å². The minimum absolute atomic E-state index is 0.223. The van der Waals surface area contributed by atoms with E-state index in [1.54, 1.807) is 19.1 Å². The zero-order valence-corrected chi connectivity index (χ0v) is 8.71. The summed E-state index contributed by atoms with van der Waals surface area (Å²) in [4.78, 5) is 0. The molecular weight excluding hydrogens is 212 g/mol. The van der Waals surface area contributed by atoms with Gasteiger partial charge in [-0.2, -0.15) is 0 Å². The molecule has 84 valence electrons. The first-order valence-corrected chi connectivity index (χ1v) is 4.88. The monoisotopic (exact) mass is 223 g/mol. The van der Waals surface area contributed by atoms with Crippen LogP contribution in [0.25, 0.3) is 11.3 Å². The lowest BCUT2D eigenvalue weighted by molar-refractivity contribution is 0.488. The largest absolute Gasteiger partial charge is 0.459 e. The molecule has 0 bridgehead atoms. The molecule has 1 aromatic heterocycles. The van der Waals surface area contributed by atoms with Crippen molar-refractivity contribution in [1.29, 1.82) is 0 Å². The molecule has 0 aliphatic rings. The molecule has 2 nitrogen and oxygen atoms in total. The maximum absolute atomic E-state index is 13.0. The number of halogens is 2. The molecule has 0 aliphatic carbocycles. The average molecular weight is 223 g/mol. The normalized spacial score (nSPS) is 12.8. The third-order valence-electron chi connectivity index (χ3n) is 2.28. The summed E-state index contributed by atoms with van der Waals surface area (Å²) in [7, 11) is 0. The van der Waals surface area contributed by atoms with Gasteiger partial charge < -0.3 is 10.2 Å². The Labute approximate surface area is 91.7 Å². The van der Waals surface area contributed by atoms with Crippen molar-refractivity contribution in [1.82, 2.24) is 0 Å². The Balaban J connectivity index is 2.39. The van der Waals surface area contributed by atoms with Gasteiger partial charge >= 0.3 is 0 Å². The summed E-state index contributed by atoms with van der Waals surface area (Å²) in [6, 6.07) is 6.81. The van der Waals surface area contributed by atoms with E-state index in [0.717, 1.165) is 12.1 Å². The molecule has 0 saturated heterocycles. The minimum Gasteiger partial charge on any atom is -0.459 e. The highest BCUT2D eigenvalue weighted by molar-refractivity contribution is 5.57. The van der Waals surface area contributed by atoms with Crippen LogP contribution in [-0.4, -0.2) is 0 Å². The van der Waals surface area contributed by atoms with Crippen molar-refractivity contribution in [3.8, 4) is 11.3 Å². The summed E-state index contributed by atoms with van der Waals surface area (Å²) in [5, 5.41) is 0. The van der Waals surface area contributed by atoms with Crippen molar-refractivity contribution in [2.75, 3.05) is 0 Å². The lowest BCUT2D eigenvalue weighted by Gasteiger charge is -2.00. The van der Waals surface area contributed by atoms with E-state index in [2.05, 4.69) is 0 Å². The number of nitrogens with two attached hydrogens (primary N) is 1. The van der Waals surface area contributed by atoms with E-state index in [4.69, 9.17) is 10.2 Å². The van der Waals surface area contributed by atoms with Crippen molar-refractivity contribution in [2.24, 2.45) is 5.73 Å². The fourth-order valence-corrected chi connectivity index (χ4v) is 1.40. The summed E-state index contributed by atoms with van der Waals surface area (Å²) in [5.41, 5.74) is 6.12. The van der Waals surface area contributed by atoms with Crippen LogP contribution in [0.1, 0.15) is 18.7 Å². The number of benzene rings is 1. The molecule has 1 atom stereocenters. The molecule has 0 spiro atoms. The predicted octanol–water partition coefficient (Wildman–Crippen LogP) is 3.24. The van der Waals surface area contributed by atoms with Gasteiger partial charge in [0.2, 0.25) is 0 Å². The molecule has 2 N–H and O–H groups in total. The second-order valence-corrected chi connectivity index (χ2v) is 3.62. The number of furan rings is 1. The van der Waals surface area contributed by atoms with Crippen LogP contribution in [0.2, 0.25) is 0 Å². The van der Waals surface area contributed by atoms with Crippen LogP contribution in [0.4, 0.5) is 8.78 Å². The molecule has 1 heterocycles. The Morgan fingerprint density at radius 1 is 1.12 bits per heavy atom. The SMILES string of the molecule is CC(N)c1ccc(-c2ccc(F)c(F)c2)o1. The van der Waals surface area contributed by atoms with E-state index in [9.17, 15) is 8.78 Å². The molecule has 4 heteroatoms. The van der Waals surface area contributed by atoms with Crippen molar-refractivity contribution < 1.29 is 13.2 Å². The highest BCUT2D eigenvalue weighted by Crippen LogP contribution is 2.25. The molecule has 2 rings (SSSR count). The molecule has 0 saturated carbocycles. The van der Waals surface area contributed by atoms with Crippen molar-refractivity contribution in [3.05, 3.63) is 47.7 Å². The number of rotatable bonds is 2. The fourth-order valence-electron chi connectivity index (χ4n) is 1.40. The minimum atomic E-state index is -0.892. The van der Waals surface area contributed by atoms with Crippen LogP contribution in [0.15, 0.2) is 34.7 Å². The summed E-state index contributed by atoms with van der Waals surface area (Å²) in [6.45, 7) is 1.79. The maximum atomic E-state index is 13.0. The molecule has 0 radical (unpaired) electrons. The summed E-state index contributed by atoms with van der Waals surface area (Å²) in [5.74, 6) is -0.676. The zero-order chi connectivity index (χ0) is 11.7. The second kappa shape index (κ2) is 4.06. The third-order valence-corrected chi connectivity index (χ3v) is 2.28. The summed E-state index contributed by atoms with van der Waals surface area (Å²) < 4.78 is 31.1. The van der Waals surface area contributed by atoms with Gasteiger partial charge in [0.15, 0.2) is 11.6 Å². The first kappa shape index (κ1) is 10.8. The molecule has 16 heavy (non-hydrogen) atoms. The van der Waals surface area contributed by atoms with Gasteiger partial charge in [-0.3, -0.25) is 0 Å². The van der Waals surface area contributed by atoms with E-state index in [1.807, 2.05) is 0 Å². The van der Waals surface area contributed by atoms with Crippen molar-refractivity contribution >= 4 is 0 Å². The molecule has 0 aliphatic heterocycles. The first-order chi connectivity index (χ1) is 7.58. The van der Waals surface area contributed by atoms with Crippen molar-refractivity contribution in [2.45, 2.75) is 13.0 Å². The van der Waals surface area contributed by atoms with Gasteiger partial charge in [0.25, 0.3) is 0 Å². The smallest absolute Gasteiger partial charge is 0.159 e. The van der Waals surface area contributed by atoms with E-state index in [-0.39, 0.29) is 6.04 Å². The molecule has 2 aromatic rings. The Hall–Kier alpha value is -1.68. The Morgan fingerprint density at radius 3 is 2.44 bits per heavy atom. The Morgan fingerprint density at radius 2 is 1.88 bits per heavy atom. The van der Waals surface area contributed by atoms with Gasteiger partial charge in [0.05, 0.1) is 6.04 Å². The van der Waals surface area contributed by atoms with E-state index < -0.39 is 11.6 Å². The topological polar surface area (TPSA) is 39.2 Å². The van der Waals surface area contributed by atoms with Crippen LogP contribution < -0.4 is 5.73 Å². The molecular formula is C12H11F2NO. The maximum Gasteiger partial charge on any atom is 0.159 e. The first-order valence-electron chi connectivity index (χ1n) is 4.88. The highest BCUT2D eigenvalue weighted by atomic mass is 19.2. The van der Waals surface area contributed by atoms with Gasteiger partial charge in [-0.25, -0.2) is 8.78 Å². The molecule has 1 unspecified atom stereocenters. The summed E-state index contributed by atoms with van der Waals surface area (Å²) >= 11 is 0. The van der Waals surface area contributed by atoms with Crippen LogP contribution >= 0.6 is 0 Å². The molecule has 0 fully saturated rings. The lowest BCUT2D eigenvalue weighted by Crippen LogP contribution is -2.02. The van der Waals surface area contributed by atoms with Crippen LogP contribution in [0.5, 0.6) is 0 Å². The van der Waals surface area contributed by atoms with Crippen LogP contribution in [0.3, 0.4) is 0 Å². The van der Waals surface area contributed by atoms with Gasteiger partial charge in [-0.05, 0) is 37.3 Å². The van der Waals surface area contributed by atoms with Crippen LogP contribution in [-0.2, 0) is 0 Å². The molecule has 1 aromatic carbocycles. The Kier molecular flexibility index (Phi) is 2.75. The standard InChI is InChI=1S/C12H11F2NO/c1-7(15)11-4-5-12(16-11)8-2-3-9(13)10(14)6-8/h2-7H,15H2,1H3. The predicted molar refractivity (Wildman–Crippen MR) is 56.7 cm³/mol. The Bertz CT molecular complexity index is 505. The van der Waals surface area contributed by atoms with Gasteiger partial charge in [0, 0.05) is 5.56 Å². The third kappa shape index (κ3) is 1.97. The van der Waals surface area contributed by atoms with E-state index >= 15 is 0 Å². The molecule has 0 amide bonds.